The van der Waals surface area contributed by atoms with Crippen molar-refractivity contribution < 1.29 is 4.74 Å². The van der Waals surface area contributed by atoms with Crippen LogP contribution in [0.5, 0.6) is 5.75 Å². The third kappa shape index (κ3) is 5.22. The zero-order valence-corrected chi connectivity index (χ0v) is 18.5. The largest absolute Gasteiger partial charge is 0.497 e. The Hall–Kier alpha value is -2.93. The van der Waals surface area contributed by atoms with Gasteiger partial charge in [-0.15, -0.1) is 5.10 Å². The Morgan fingerprint density at radius 1 is 0.968 bits per heavy atom. The van der Waals surface area contributed by atoms with Crippen molar-refractivity contribution in [3.63, 3.8) is 0 Å². The van der Waals surface area contributed by atoms with Crippen LogP contribution in [0, 0.1) is 0 Å². The fourth-order valence-electron chi connectivity index (χ4n) is 4.28. The summed E-state index contributed by atoms with van der Waals surface area (Å²) < 4.78 is 7.27. The van der Waals surface area contributed by atoms with Crippen LogP contribution in [0.15, 0.2) is 54.6 Å². The van der Waals surface area contributed by atoms with Gasteiger partial charge in [0.15, 0.2) is 5.82 Å². The summed E-state index contributed by atoms with van der Waals surface area (Å²) in [6.07, 6.45) is 3.42. The van der Waals surface area contributed by atoms with Gasteiger partial charge in [0.25, 0.3) is 0 Å². The lowest BCUT2D eigenvalue weighted by molar-refractivity contribution is 0.163. The van der Waals surface area contributed by atoms with Gasteiger partial charge in [-0.2, -0.15) is 0 Å². The summed E-state index contributed by atoms with van der Waals surface area (Å²) in [4.78, 5) is 5.00. The summed E-state index contributed by atoms with van der Waals surface area (Å²) in [5.41, 5.74) is 2.47. The molecule has 31 heavy (non-hydrogen) atoms. The molecule has 2 heterocycles. The van der Waals surface area contributed by atoms with Crippen LogP contribution in [-0.2, 0) is 6.54 Å². The number of aromatic nitrogens is 4. The molecule has 7 nitrogen and oxygen atoms in total. The van der Waals surface area contributed by atoms with Crippen LogP contribution in [0.25, 0.3) is 0 Å². The van der Waals surface area contributed by atoms with E-state index in [2.05, 4.69) is 68.6 Å². The molecule has 0 amide bonds. The maximum atomic E-state index is 5.29. The molecule has 7 heteroatoms. The molecule has 1 aliphatic rings. The third-order valence-corrected chi connectivity index (χ3v) is 6.06. The van der Waals surface area contributed by atoms with Crippen molar-refractivity contribution in [1.82, 2.24) is 25.1 Å². The predicted octanol–water partition coefficient (Wildman–Crippen LogP) is 3.78. The van der Waals surface area contributed by atoms with Crippen LogP contribution in [-0.4, -0.2) is 58.4 Å². The molecule has 1 aliphatic heterocycles. The summed E-state index contributed by atoms with van der Waals surface area (Å²) in [6, 6.07) is 19.0. The molecule has 164 valence electrons. The average Bonchev–Trinajstić information content (AvgIpc) is 3.28. The van der Waals surface area contributed by atoms with Gasteiger partial charge in [0.1, 0.15) is 5.75 Å². The molecule has 0 aliphatic carbocycles. The first kappa shape index (κ1) is 21.3. The van der Waals surface area contributed by atoms with E-state index in [9.17, 15) is 0 Å². The molecule has 0 saturated carbocycles. The highest BCUT2D eigenvalue weighted by Crippen LogP contribution is 2.28. The highest BCUT2D eigenvalue weighted by atomic mass is 16.5. The van der Waals surface area contributed by atoms with Crippen molar-refractivity contribution in [3.05, 3.63) is 66.0 Å². The van der Waals surface area contributed by atoms with Gasteiger partial charge in [0.2, 0.25) is 0 Å². The van der Waals surface area contributed by atoms with Crippen molar-refractivity contribution in [1.29, 1.82) is 0 Å². The fourth-order valence-corrected chi connectivity index (χ4v) is 4.28. The van der Waals surface area contributed by atoms with Crippen molar-refractivity contribution in [2.75, 3.05) is 38.2 Å². The van der Waals surface area contributed by atoms with Crippen LogP contribution in [0.2, 0.25) is 0 Å². The van der Waals surface area contributed by atoms with Crippen LogP contribution >= 0.6 is 0 Å². The molecule has 1 saturated heterocycles. The molecular weight excluding hydrogens is 388 g/mol. The average molecular weight is 421 g/mol. The Morgan fingerprint density at radius 2 is 1.71 bits per heavy atom. The lowest BCUT2D eigenvalue weighted by Gasteiger charge is -2.39. The van der Waals surface area contributed by atoms with Gasteiger partial charge in [0.05, 0.1) is 19.7 Å². The number of rotatable bonds is 9. The van der Waals surface area contributed by atoms with Gasteiger partial charge in [-0.25, -0.2) is 4.68 Å². The van der Waals surface area contributed by atoms with Gasteiger partial charge in [-0.1, -0.05) is 50.1 Å². The number of hydrogen-bond donors (Lipinski definition) is 0. The first-order valence-corrected chi connectivity index (χ1v) is 11.2. The first-order valence-electron chi connectivity index (χ1n) is 11.2. The fraction of sp³-hybridized carbons (Fsp3) is 0.458. The number of piperazine rings is 1. The molecule has 0 bridgehead atoms. The standard InChI is InChI=1S/C24H32N6O/c1-3-4-10-23(24-25-26-27-30(24)19-20-8-6-5-7-9-20)29-17-15-28(16-18-29)21-11-13-22(31-2)14-12-21/h5-9,11-14,23H,3-4,10,15-19H2,1-2H3/t23-/m1/s1. The summed E-state index contributed by atoms with van der Waals surface area (Å²) >= 11 is 0. The number of benzene rings is 2. The highest BCUT2D eigenvalue weighted by Gasteiger charge is 2.29. The normalized spacial score (nSPS) is 15.7. The van der Waals surface area contributed by atoms with Crippen LogP contribution in [0.4, 0.5) is 5.69 Å². The van der Waals surface area contributed by atoms with E-state index in [1.54, 1.807) is 7.11 Å². The number of unbranched alkanes of at least 4 members (excludes halogenated alkanes) is 1. The molecule has 0 radical (unpaired) electrons. The van der Waals surface area contributed by atoms with Crippen molar-refractivity contribution in [3.8, 4) is 5.75 Å². The number of tetrazole rings is 1. The Bertz CT molecular complexity index is 919. The first-order chi connectivity index (χ1) is 15.3. The van der Waals surface area contributed by atoms with E-state index in [0.29, 0.717) is 6.54 Å². The monoisotopic (exact) mass is 420 g/mol. The number of hydrogen-bond acceptors (Lipinski definition) is 6. The lowest BCUT2D eigenvalue weighted by Crippen LogP contribution is -2.48. The molecule has 1 fully saturated rings. The quantitative estimate of drug-likeness (QED) is 0.525. The predicted molar refractivity (Wildman–Crippen MR) is 122 cm³/mol. The Morgan fingerprint density at radius 3 is 2.39 bits per heavy atom. The molecule has 4 rings (SSSR count). The topological polar surface area (TPSA) is 59.3 Å². The van der Waals surface area contributed by atoms with E-state index in [0.717, 1.165) is 44.2 Å². The molecule has 3 aromatic rings. The summed E-state index contributed by atoms with van der Waals surface area (Å²) in [5, 5.41) is 12.8. The second-order valence-corrected chi connectivity index (χ2v) is 8.06. The summed E-state index contributed by atoms with van der Waals surface area (Å²) in [7, 11) is 1.70. The van der Waals surface area contributed by atoms with Crippen molar-refractivity contribution >= 4 is 5.69 Å². The van der Waals surface area contributed by atoms with E-state index >= 15 is 0 Å². The number of methoxy groups -OCH3 is 1. The van der Waals surface area contributed by atoms with Crippen LogP contribution in [0.3, 0.4) is 0 Å². The van der Waals surface area contributed by atoms with Crippen LogP contribution < -0.4 is 9.64 Å². The molecule has 0 unspecified atom stereocenters. The van der Waals surface area contributed by atoms with E-state index in [1.165, 1.54) is 24.1 Å². The van der Waals surface area contributed by atoms with Gasteiger partial charge >= 0.3 is 0 Å². The molecule has 2 aromatic carbocycles. The van der Waals surface area contributed by atoms with E-state index in [1.807, 2.05) is 22.9 Å². The minimum Gasteiger partial charge on any atom is -0.497 e. The molecule has 0 spiro atoms. The molecule has 1 aromatic heterocycles. The van der Waals surface area contributed by atoms with Gasteiger partial charge in [-0.3, -0.25) is 4.90 Å². The molecule has 0 N–H and O–H groups in total. The second kappa shape index (κ2) is 10.4. The zero-order chi connectivity index (χ0) is 21.5. The van der Waals surface area contributed by atoms with Gasteiger partial charge in [0, 0.05) is 31.9 Å². The number of ether oxygens (including phenoxy) is 1. The Labute approximate surface area is 184 Å². The molecular formula is C24H32N6O. The zero-order valence-electron chi connectivity index (χ0n) is 18.5. The summed E-state index contributed by atoms with van der Waals surface area (Å²) in [5.74, 6) is 1.88. The maximum absolute atomic E-state index is 5.29. The van der Waals surface area contributed by atoms with Crippen LogP contribution in [0.1, 0.15) is 43.6 Å². The van der Waals surface area contributed by atoms with Gasteiger partial charge in [-0.05, 0) is 46.7 Å². The molecule has 1 atom stereocenters. The minimum atomic E-state index is 0.247. The number of anilines is 1. The summed E-state index contributed by atoms with van der Waals surface area (Å²) in [6.45, 7) is 6.94. The lowest BCUT2D eigenvalue weighted by atomic mass is 10.1. The SMILES string of the molecule is CCCC[C@H](c1nnnn1Cc1ccccc1)N1CCN(c2ccc(OC)cc2)CC1. The van der Waals surface area contributed by atoms with Gasteiger partial charge < -0.3 is 9.64 Å². The van der Waals surface area contributed by atoms with E-state index in [4.69, 9.17) is 4.74 Å². The Kier molecular flexibility index (Phi) is 7.14. The van der Waals surface area contributed by atoms with E-state index < -0.39 is 0 Å². The Balaban J connectivity index is 1.46. The highest BCUT2D eigenvalue weighted by molar-refractivity contribution is 5.49. The second-order valence-electron chi connectivity index (χ2n) is 8.06. The third-order valence-electron chi connectivity index (χ3n) is 6.06. The maximum Gasteiger partial charge on any atom is 0.168 e. The smallest absolute Gasteiger partial charge is 0.168 e. The number of nitrogens with zero attached hydrogens (tertiary/aromatic N) is 6. The van der Waals surface area contributed by atoms with E-state index in [-0.39, 0.29) is 6.04 Å². The minimum absolute atomic E-state index is 0.247. The van der Waals surface area contributed by atoms with Crippen molar-refractivity contribution in [2.45, 2.75) is 38.8 Å². The van der Waals surface area contributed by atoms with Crippen molar-refractivity contribution in [2.24, 2.45) is 0 Å².